The van der Waals surface area contributed by atoms with E-state index >= 15 is 0 Å². The molecule has 0 radical (unpaired) electrons. The van der Waals surface area contributed by atoms with E-state index in [2.05, 4.69) is 64.0 Å². The Hall–Kier alpha value is -1.68. The molecule has 0 aliphatic rings. The summed E-state index contributed by atoms with van der Waals surface area (Å²) in [6, 6.07) is 10.6. The largest absolute Gasteiger partial charge is 0.317 e. The summed E-state index contributed by atoms with van der Waals surface area (Å²) < 4.78 is 2.08. The first-order valence-electron chi connectivity index (χ1n) is 6.38. The fourth-order valence-corrected chi connectivity index (χ4v) is 1.95. The van der Waals surface area contributed by atoms with Crippen LogP contribution in [0.3, 0.4) is 0 Å². The fourth-order valence-electron chi connectivity index (χ4n) is 1.95. The van der Waals surface area contributed by atoms with Crippen molar-refractivity contribution in [3.05, 3.63) is 48.0 Å². The smallest absolute Gasteiger partial charge is 0.146 e. The van der Waals surface area contributed by atoms with Gasteiger partial charge in [0.15, 0.2) is 0 Å². The molecule has 0 fully saturated rings. The molecule has 0 spiro atoms. The summed E-state index contributed by atoms with van der Waals surface area (Å²) in [7, 11) is 2.12. The lowest BCUT2D eigenvalue weighted by Gasteiger charge is -2.16. The molecule has 1 heterocycles. The van der Waals surface area contributed by atoms with E-state index in [9.17, 15) is 0 Å². The SMILES string of the molecule is CCn1cnnc1CN(C)CCc1ccccc1. The zero-order valence-corrected chi connectivity index (χ0v) is 11.1. The summed E-state index contributed by atoms with van der Waals surface area (Å²) in [6.45, 7) is 4.91. The second kappa shape index (κ2) is 6.31. The molecule has 0 bridgehead atoms. The van der Waals surface area contributed by atoms with Crippen LogP contribution in [0.4, 0.5) is 0 Å². The van der Waals surface area contributed by atoms with Crippen molar-refractivity contribution < 1.29 is 0 Å². The first-order chi connectivity index (χ1) is 8.79. The van der Waals surface area contributed by atoms with Gasteiger partial charge < -0.3 is 4.57 Å². The Kier molecular flexibility index (Phi) is 4.47. The molecule has 0 unspecified atom stereocenters. The summed E-state index contributed by atoms with van der Waals surface area (Å²) in [6.07, 6.45) is 2.86. The Morgan fingerprint density at radius 2 is 2.00 bits per heavy atom. The molecule has 0 aliphatic carbocycles. The number of likely N-dealkylation sites (N-methyl/N-ethyl adjacent to an activating group) is 1. The highest BCUT2D eigenvalue weighted by Crippen LogP contribution is 2.03. The van der Waals surface area contributed by atoms with E-state index in [1.54, 1.807) is 6.33 Å². The third kappa shape index (κ3) is 3.40. The molecule has 96 valence electrons. The van der Waals surface area contributed by atoms with E-state index < -0.39 is 0 Å². The van der Waals surface area contributed by atoms with Crippen molar-refractivity contribution in [3.63, 3.8) is 0 Å². The minimum absolute atomic E-state index is 0.848. The molecule has 0 saturated carbocycles. The molecule has 18 heavy (non-hydrogen) atoms. The minimum atomic E-state index is 0.848. The minimum Gasteiger partial charge on any atom is -0.317 e. The second-order valence-electron chi connectivity index (χ2n) is 4.51. The van der Waals surface area contributed by atoms with Crippen LogP contribution in [0.15, 0.2) is 36.7 Å². The Morgan fingerprint density at radius 1 is 1.22 bits per heavy atom. The second-order valence-corrected chi connectivity index (χ2v) is 4.51. The molecule has 4 heteroatoms. The molecule has 0 atom stereocenters. The number of rotatable bonds is 6. The van der Waals surface area contributed by atoms with Crippen molar-refractivity contribution in [1.82, 2.24) is 19.7 Å². The monoisotopic (exact) mass is 244 g/mol. The van der Waals surface area contributed by atoms with Gasteiger partial charge in [-0.15, -0.1) is 10.2 Å². The van der Waals surface area contributed by atoms with Crippen LogP contribution in [-0.4, -0.2) is 33.3 Å². The number of aromatic nitrogens is 3. The predicted octanol–water partition coefficient (Wildman–Crippen LogP) is 1.97. The first kappa shape index (κ1) is 12.8. The van der Waals surface area contributed by atoms with Crippen molar-refractivity contribution in [2.75, 3.05) is 13.6 Å². The summed E-state index contributed by atoms with van der Waals surface area (Å²) in [5.74, 6) is 1.04. The van der Waals surface area contributed by atoms with Crippen LogP contribution < -0.4 is 0 Å². The molecule has 4 nitrogen and oxygen atoms in total. The molecular formula is C14H20N4. The number of aryl methyl sites for hydroxylation is 1. The van der Waals surface area contributed by atoms with E-state index in [4.69, 9.17) is 0 Å². The van der Waals surface area contributed by atoms with Crippen molar-refractivity contribution in [1.29, 1.82) is 0 Å². The lowest BCUT2D eigenvalue weighted by molar-refractivity contribution is 0.316. The summed E-state index contributed by atoms with van der Waals surface area (Å²) >= 11 is 0. The quantitative estimate of drug-likeness (QED) is 0.779. The summed E-state index contributed by atoms with van der Waals surface area (Å²) in [4.78, 5) is 2.28. The number of hydrogen-bond donors (Lipinski definition) is 0. The Balaban J connectivity index is 1.84. The lowest BCUT2D eigenvalue weighted by atomic mass is 10.1. The molecule has 1 aromatic carbocycles. The van der Waals surface area contributed by atoms with Crippen molar-refractivity contribution >= 4 is 0 Å². The van der Waals surface area contributed by atoms with E-state index in [1.165, 1.54) is 5.56 Å². The lowest BCUT2D eigenvalue weighted by Crippen LogP contribution is -2.22. The zero-order valence-electron chi connectivity index (χ0n) is 11.1. The third-order valence-electron chi connectivity index (χ3n) is 3.07. The highest BCUT2D eigenvalue weighted by molar-refractivity contribution is 5.14. The standard InChI is InChI=1S/C14H20N4/c1-3-18-12-15-16-14(18)11-17(2)10-9-13-7-5-4-6-8-13/h4-8,12H,3,9-11H2,1-2H3. The van der Waals surface area contributed by atoms with E-state index in [1.807, 2.05) is 0 Å². The predicted molar refractivity (Wildman–Crippen MR) is 72.2 cm³/mol. The Morgan fingerprint density at radius 3 is 2.72 bits per heavy atom. The third-order valence-corrected chi connectivity index (χ3v) is 3.07. The summed E-state index contributed by atoms with van der Waals surface area (Å²) in [5.41, 5.74) is 1.38. The maximum Gasteiger partial charge on any atom is 0.146 e. The molecule has 0 saturated heterocycles. The van der Waals surface area contributed by atoms with E-state index in [0.29, 0.717) is 0 Å². The molecule has 2 rings (SSSR count). The average Bonchev–Trinajstić information content (AvgIpc) is 2.85. The Bertz CT molecular complexity index is 464. The highest BCUT2D eigenvalue weighted by Gasteiger charge is 2.06. The van der Waals surface area contributed by atoms with Crippen LogP contribution in [0, 0.1) is 0 Å². The van der Waals surface area contributed by atoms with Gasteiger partial charge in [-0.3, -0.25) is 4.90 Å². The molecular weight excluding hydrogens is 224 g/mol. The van der Waals surface area contributed by atoms with Gasteiger partial charge in [0.25, 0.3) is 0 Å². The fraction of sp³-hybridized carbons (Fsp3) is 0.429. The number of benzene rings is 1. The van der Waals surface area contributed by atoms with Crippen LogP contribution in [0.5, 0.6) is 0 Å². The van der Waals surface area contributed by atoms with Gasteiger partial charge in [0, 0.05) is 13.1 Å². The van der Waals surface area contributed by atoms with Gasteiger partial charge in [-0.1, -0.05) is 30.3 Å². The molecule has 0 amide bonds. The van der Waals surface area contributed by atoms with Gasteiger partial charge in [0.1, 0.15) is 12.2 Å². The van der Waals surface area contributed by atoms with Gasteiger partial charge in [-0.2, -0.15) is 0 Å². The topological polar surface area (TPSA) is 34.0 Å². The van der Waals surface area contributed by atoms with Crippen LogP contribution >= 0.6 is 0 Å². The maximum atomic E-state index is 4.15. The van der Waals surface area contributed by atoms with Crippen molar-refractivity contribution in [2.24, 2.45) is 0 Å². The van der Waals surface area contributed by atoms with Crippen LogP contribution in [0.1, 0.15) is 18.3 Å². The van der Waals surface area contributed by atoms with Crippen molar-refractivity contribution in [3.8, 4) is 0 Å². The van der Waals surface area contributed by atoms with Crippen LogP contribution in [0.25, 0.3) is 0 Å². The Labute approximate surface area is 108 Å². The van der Waals surface area contributed by atoms with Gasteiger partial charge in [0.2, 0.25) is 0 Å². The van der Waals surface area contributed by atoms with Crippen molar-refractivity contribution in [2.45, 2.75) is 26.4 Å². The van der Waals surface area contributed by atoms with Gasteiger partial charge in [-0.05, 0) is 26.0 Å². The van der Waals surface area contributed by atoms with Gasteiger partial charge in [-0.25, -0.2) is 0 Å². The van der Waals surface area contributed by atoms with Crippen LogP contribution in [-0.2, 0) is 19.5 Å². The average molecular weight is 244 g/mol. The summed E-state index contributed by atoms with van der Waals surface area (Å²) in [5, 5.41) is 8.10. The van der Waals surface area contributed by atoms with E-state index in [-0.39, 0.29) is 0 Å². The normalized spacial score (nSPS) is 11.1. The molecule has 0 N–H and O–H groups in total. The molecule has 1 aromatic heterocycles. The first-order valence-corrected chi connectivity index (χ1v) is 6.38. The highest BCUT2D eigenvalue weighted by atomic mass is 15.3. The van der Waals surface area contributed by atoms with Gasteiger partial charge >= 0.3 is 0 Å². The maximum absolute atomic E-state index is 4.15. The molecule has 0 aliphatic heterocycles. The van der Waals surface area contributed by atoms with Crippen LogP contribution in [0.2, 0.25) is 0 Å². The van der Waals surface area contributed by atoms with Gasteiger partial charge in [0.05, 0.1) is 6.54 Å². The number of nitrogens with zero attached hydrogens (tertiary/aromatic N) is 4. The number of hydrogen-bond acceptors (Lipinski definition) is 3. The molecule has 2 aromatic rings. The van der Waals surface area contributed by atoms with E-state index in [0.717, 1.165) is 31.9 Å². The zero-order chi connectivity index (χ0) is 12.8.